The number of hydrogen-bond donors (Lipinski definition) is 0. The second-order valence-electron chi connectivity index (χ2n) is 7.41. The summed E-state index contributed by atoms with van der Waals surface area (Å²) in [6.07, 6.45) is 3.58. The highest BCUT2D eigenvalue weighted by Crippen LogP contribution is 2.44. The summed E-state index contributed by atoms with van der Waals surface area (Å²) in [6, 6.07) is 9.33. The number of piperidine rings is 2. The molecule has 132 valence electrons. The van der Waals surface area contributed by atoms with Crippen LogP contribution in [0.2, 0.25) is 0 Å². The predicted octanol–water partition coefficient (Wildman–Crippen LogP) is 3.30. The lowest BCUT2D eigenvalue weighted by Gasteiger charge is -2.50. The SMILES string of the molecule is C[C@@H]1N(C(=O)c2cc3ccccc3o2)CCC[C@@]12CCCN(C)C2=O. The third-order valence-corrected chi connectivity index (χ3v) is 6.08. The first kappa shape index (κ1) is 16.2. The van der Waals surface area contributed by atoms with Crippen molar-refractivity contribution in [1.29, 1.82) is 0 Å². The van der Waals surface area contributed by atoms with Crippen molar-refractivity contribution in [3.05, 3.63) is 36.1 Å². The van der Waals surface area contributed by atoms with Crippen LogP contribution in [0.15, 0.2) is 34.7 Å². The largest absolute Gasteiger partial charge is 0.451 e. The van der Waals surface area contributed by atoms with Gasteiger partial charge in [0.25, 0.3) is 5.91 Å². The quantitative estimate of drug-likeness (QED) is 0.800. The topological polar surface area (TPSA) is 53.8 Å². The van der Waals surface area contributed by atoms with Crippen LogP contribution in [-0.2, 0) is 4.79 Å². The summed E-state index contributed by atoms with van der Waals surface area (Å²) in [6.45, 7) is 3.51. The molecule has 2 saturated heterocycles. The van der Waals surface area contributed by atoms with Crippen LogP contribution in [0.5, 0.6) is 0 Å². The second-order valence-corrected chi connectivity index (χ2v) is 7.41. The maximum Gasteiger partial charge on any atom is 0.289 e. The fourth-order valence-electron chi connectivity index (χ4n) is 4.61. The van der Waals surface area contributed by atoms with E-state index in [-0.39, 0.29) is 17.9 Å². The number of fused-ring (bicyclic) bond motifs is 1. The fourth-order valence-corrected chi connectivity index (χ4v) is 4.61. The van der Waals surface area contributed by atoms with Crippen molar-refractivity contribution in [2.45, 2.75) is 38.6 Å². The lowest BCUT2D eigenvalue weighted by molar-refractivity contribution is -0.152. The van der Waals surface area contributed by atoms with Gasteiger partial charge in [0.1, 0.15) is 5.58 Å². The predicted molar refractivity (Wildman–Crippen MR) is 95.3 cm³/mol. The van der Waals surface area contributed by atoms with Gasteiger partial charge in [0.15, 0.2) is 5.76 Å². The molecule has 2 aliphatic rings. The van der Waals surface area contributed by atoms with Gasteiger partial charge < -0.3 is 14.2 Å². The highest BCUT2D eigenvalue weighted by atomic mass is 16.3. The summed E-state index contributed by atoms with van der Waals surface area (Å²) in [4.78, 5) is 29.7. The summed E-state index contributed by atoms with van der Waals surface area (Å²) < 4.78 is 5.77. The molecule has 4 rings (SSSR count). The van der Waals surface area contributed by atoms with Gasteiger partial charge in [-0.15, -0.1) is 0 Å². The second kappa shape index (κ2) is 5.90. The molecule has 0 unspecified atom stereocenters. The maximum absolute atomic E-state index is 13.1. The molecule has 5 heteroatoms. The van der Waals surface area contributed by atoms with E-state index < -0.39 is 5.41 Å². The van der Waals surface area contributed by atoms with Crippen LogP contribution >= 0.6 is 0 Å². The van der Waals surface area contributed by atoms with Crippen LogP contribution in [0.4, 0.5) is 0 Å². The van der Waals surface area contributed by atoms with E-state index in [1.54, 1.807) is 6.07 Å². The molecule has 0 radical (unpaired) electrons. The van der Waals surface area contributed by atoms with Crippen LogP contribution < -0.4 is 0 Å². The van der Waals surface area contributed by atoms with Crippen LogP contribution in [0.3, 0.4) is 0 Å². The molecule has 2 aliphatic heterocycles. The average Bonchev–Trinajstić information content (AvgIpc) is 3.05. The molecule has 0 N–H and O–H groups in total. The molecule has 0 aliphatic carbocycles. The van der Waals surface area contributed by atoms with Crippen molar-refractivity contribution in [3.8, 4) is 0 Å². The molecule has 2 aromatic rings. The molecule has 25 heavy (non-hydrogen) atoms. The molecule has 0 bridgehead atoms. The fraction of sp³-hybridized carbons (Fsp3) is 0.500. The van der Waals surface area contributed by atoms with E-state index in [9.17, 15) is 9.59 Å². The molecule has 2 atom stereocenters. The molecular formula is C20H24N2O3. The molecule has 3 heterocycles. The Hall–Kier alpha value is -2.30. The average molecular weight is 340 g/mol. The molecule has 2 fully saturated rings. The number of carbonyl (C=O) groups is 2. The number of benzene rings is 1. The van der Waals surface area contributed by atoms with Crippen molar-refractivity contribution in [2.75, 3.05) is 20.1 Å². The van der Waals surface area contributed by atoms with Crippen molar-refractivity contribution in [2.24, 2.45) is 5.41 Å². The number of hydrogen-bond acceptors (Lipinski definition) is 3. The lowest BCUT2D eigenvalue weighted by Crippen LogP contribution is -2.61. The van der Waals surface area contributed by atoms with E-state index in [2.05, 4.69) is 0 Å². The van der Waals surface area contributed by atoms with E-state index in [1.807, 2.05) is 48.0 Å². The Morgan fingerprint density at radius 2 is 1.92 bits per heavy atom. The molecular weight excluding hydrogens is 316 g/mol. The highest BCUT2D eigenvalue weighted by Gasteiger charge is 2.51. The van der Waals surface area contributed by atoms with Crippen molar-refractivity contribution in [3.63, 3.8) is 0 Å². The number of amides is 2. The first-order chi connectivity index (χ1) is 12.0. The third kappa shape index (κ3) is 2.44. The lowest BCUT2D eigenvalue weighted by atomic mass is 9.68. The van der Waals surface area contributed by atoms with E-state index in [4.69, 9.17) is 4.42 Å². The van der Waals surface area contributed by atoms with Gasteiger partial charge in [-0.1, -0.05) is 18.2 Å². The normalized spacial score (nSPS) is 27.3. The Kier molecular flexibility index (Phi) is 3.82. The Morgan fingerprint density at radius 1 is 1.20 bits per heavy atom. The van der Waals surface area contributed by atoms with Crippen LogP contribution in [0, 0.1) is 5.41 Å². The maximum atomic E-state index is 13.1. The Bertz CT molecular complexity index is 790. The van der Waals surface area contributed by atoms with E-state index in [0.29, 0.717) is 12.3 Å². The van der Waals surface area contributed by atoms with Crippen LogP contribution in [-0.4, -0.2) is 47.8 Å². The summed E-state index contributed by atoms with van der Waals surface area (Å²) in [5.74, 6) is 0.443. The molecule has 0 saturated carbocycles. The highest BCUT2D eigenvalue weighted by molar-refractivity contribution is 5.97. The summed E-state index contributed by atoms with van der Waals surface area (Å²) in [5.41, 5.74) is 0.283. The Balaban J connectivity index is 1.65. The summed E-state index contributed by atoms with van der Waals surface area (Å²) in [5, 5.41) is 0.929. The number of likely N-dealkylation sites (tertiary alicyclic amines) is 2. The van der Waals surface area contributed by atoms with E-state index in [1.165, 1.54) is 0 Å². The minimum atomic E-state index is -0.438. The monoisotopic (exact) mass is 340 g/mol. The first-order valence-electron chi connectivity index (χ1n) is 9.08. The van der Waals surface area contributed by atoms with Gasteiger partial charge in [0, 0.05) is 31.6 Å². The van der Waals surface area contributed by atoms with Gasteiger partial charge in [-0.25, -0.2) is 0 Å². The van der Waals surface area contributed by atoms with Crippen LogP contribution in [0.25, 0.3) is 11.0 Å². The van der Waals surface area contributed by atoms with Crippen LogP contribution in [0.1, 0.15) is 43.2 Å². The molecule has 2 amide bonds. The number of para-hydroxylation sites is 1. The van der Waals surface area contributed by atoms with Gasteiger partial charge in [0.05, 0.1) is 5.41 Å². The Morgan fingerprint density at radius 3 is 2.68 bits per heavy atom. The number of nitrogens with zero attached hydrogens (tertiary/aromatic N) is 2. The Labute approximate surface area is 147 Å². The molecule has 5 nitrogen and oxygen atoms in total. The van der Waals surface area contributed by atoms with Crippen molar-refractivity contribution >= 4 is 22.8 Å². The van der Waals surface area contributed by atoms with Gasteiger partial charge in [-0.2, -0.15) is 0 Å². The van der Waals surface area contributed by atoms with E-state index >= 15 is 0 Å². The number of rotatable bonds is 1. The first-order valence-corrected chi connectivity index (χ1v) is 9.08. The zero-order valence-corrected chi connectivity index (χ0v) is 14.8. The number of carbonyl (C=O) groups excluding carboxylic acids is 2. The van der Waals surface area contributed by atoms with E-state index in [0.717, 1.165) is 43.2 Å². The summed E-state index contributed by atoms with van der Waals surface area (Å²) in [7, 11) is 1.87. The van der Waals surface area contributed by atoms with Gasteiger partial charge in [-0.3, -0.25) is 9.59 Å². The summed E-state index contributed by atoms with van der Waals surface area (Å²) >= 11 is 0. The zero-order valence-electron chi connectivity index (χ0n) is 14.8. The van der Waals surface area contributed by atoms with Crippen molar-refractivity contribution < 1.29 is 14.0 Å². The molecule has 1 aromatic heterocycles. The van der Waals surface area contributed by atoms with Gasteiger partial charge >= 0.3 is 0 Å². The smallest absolute Gasteiger partial charge is 0.289 e. The third-order valence-electron chi connectivity index (χ3n) is 6.08. The standard InChI is InChI=1S/C20H24N2O3/c1-14-20(9-5-11-21(2)19(20)24)10-6-12-22(14)18(23)17-13-15-7-3-4-8-16(15)25-17/h3-4,7-8,13-14H,5-6,9-12H2,1-2H3/t14-,20-/m0/s1. The van der Waals surface area contributed by atoms with Crippen molar-refractivity contribution in [1.82, 2.24) is 9.80 Å². The molecule has 1 aromatic carbocycles. The van der Waals surface area contributed by atoms with Gasteiger partial charge in [-0.05, 0) is 44.7 Å². The minimum absolute atomic E-state index is 0.108. The number of furan rings is 1. The zero-order chi connectivity index (χ0) is 17.6. The molecule has 1 spiro atoms. The van der Waals surface area contributed by atoms with Gasteiger partial charge in [0.2, 0.25) is 5.91 Å². The minimum Gasteiger partial charge on any atom is -0.451 e.